The lowest BCUT2D eigenvalue weighted by Gasteiger charge is -2.09. The second-order valence-corrected chi connectivity index (χ2v) is 4.95. The molecule has 104 valence electrons. The fourth-order valence-electron chi connectivity index (χ4n) is 1.70. The van der Waals surface area contributed by atoms with Gasteiger partial charge in [-0.15, -0.1) is 0 Å². The van der Waals surface area contributed by atoms with Gasteiger partial charge in [0.05, 0.1) is 28.3 Å². The average Bonchev–Trinajstić information content (AvgIpc) is 2.42. The number of aromatic nitrogens is 2. The number of halogens is 1. The largest absolute Gasteiger partial charge is 0.456 e. The Morgan fingerprint density at radius 3 is 2.30 bits per heavy atom. The van der Waals surface area contributed by atoms with Crippen LogP contribution in [0.15, 0.2) is 24.3 Å². The number of carbonyl (C=O) groups is 1. The van der Waals surface area contributed by atoms with Crippen LogP contribution < -0.4 is 0 Å². The van der Waals surface area contributed by atoms with Gasteiger partial charge < -0.3 is 4.74 Å². The zero-order valence-corrected chi connectivity index (χ0v) is 12.4. The van der Waals surface area contributed by atoms with Gasteiger partial charge in [-0.25, -0.2) is 4.79 Å². The van der Waals surface area contributed by atoms with E-state index in [0.29, 0.717) is 16.3 Å². The van der Waals surface area contributed by atoms with Gasteiger partial charge >= 0.3 is 5.97 Å². The summed E-state index contributed by atoms with van der Waals surface area (Å²) in [6.07, 6.45) is 0. The predicted octanol–water partition coefficient (Wildman–Crippen LogP) is 3.41. The van der Waals surface area contributed by atoms with E-state index in [9.17, 15) is 4.79 Å². The SMILES string of the molecule is Cc1nc(C)c(COC(=O)c2ccc(Cl)cc2)nc1C. The fourth-order valence-corrected chi connectivity index (χ4v) is 1.83. The first-order valence-corrected chi connectivity index (χ1v) is 6.58. The highest BCUT2D eigenvalue weighted by Gasteiger charge is 2.10. The monoisotopic (exact) mass is 290 g/mol. The van der Waals surface area contributed by atoms with E-state index >= 15 is 0 Å². The second-order valence-electron chi connectivity index (χ2n) is 4.51. The van der Waals surface area contributed by atoms with Gasteiger partial charge in [-0.2, -0.15) is 0 Å². The Balaban J connectivity index is 2.07. The number of rotatable bonds is 3. The number of hydrogen-bond acceptors (Lipinski definition) is 4. The van der Waals surface area contributed by atoms with E-state index in [1.807, 2.05) is 20.8 Å². The van der Waals surface area contributed by atoms with Gasteiger partial charge in [0, 0.05) is 5.02 Å². The lowest BCUT2D eigenvalue weighted by molar-refractivity contribution is 0.0466. The molecule has 0 unspecified atom stereocenters. The van der Waals surface area contributed by atoms with Crippen LogP contribution in [0.3, 0.4) is 0 Å². The first kappa shape index (κ1) is 14.5. The standard InChI is InChI=1S/C15H15ClN2O2/c1-9-10(2)18-14(11(3)17-9)8-20-15(19)12-4-6-13(16)7-5-12/h4-7H,8H2,1-3H3. The van der Waals surface area contributed by atoms with Crippen molar-refractivity contribution >= 4 is 17.6 Å². The zero-order valence-electron chi connectivity index (χ0n) is 11.6. The molecule has 0 fully saturated rings. The topological polar surface area (TPSA) is 52.1 Å². The van der Waals surface area contributed by atoms with Gasteiger partial charge in [0.1, 0.15) is 6.61 Å². The summed E-state index contributed by atoms with van der Waals surface area (Å²) < 4.78 is 5.25. The second kappa shape index (κ2) is 6.01. The number of hydrogen-bond donors (Lipinski definition) is 0. The maximum Gasteiger partial charge on any atom is 0.338 e. The lowest BCUT2D eigenvalue weighted by atomic mass is 10.2. The van der Waals surface area contributed by atoms with Crippen molar-refractivity contribution in [1.82, 2.24) is 9.97 Å². The molecule has 5 heteroatoms. The van der Waals surface area contributed by atoms with Crippen LogP contribution >= 0.6 is 11.6 Å². The average molecular weight is 291 g/mol. The zero-order chi connectivity index (χ0) is 14.7. The van der Waals surface area contributed by atoms with Crippen molar-refractivity contribution in [3.63, 3.8) is 0 Å². The van der Waals surface area contributed by atoms with Gasteiger partial charge in [0.2, 0.25) is 0 Å². The third kappa shape index (κ3) is 3.33. The summed E-state index contributed by atoms with van der Waals surface area (Å²) in [5, 5.41) is 0.581. The third-order valence-electron chi connectivity index (χ3n) is 3.00. The van der Waals surface area contributed by atoms with Crippen molar-refractivity contribution in [2.24, 2.45) is 0 Å². The van der Waals surface area contributed by atoms with Gasteiger partial charge in [0.15, 0.2) is 0 Å². The summed E-state index contributed by atoms with van der Waals surface area (Å²) in [6, 6.07) is 6.56. The normalized spacial score (nSPS) is 10.4. The lowest BCUT2D eigenvalue weighted by Crippen LogP contribution is -2.09. The Kier molecular flexibility index (Phi) is 4.35. The molecule has 20 heavy (non-hydrogen) atoms. The van der Waals surface area contributed by atoms with E-state index in [1.165, 1.54) is 0 Å². The Labute approximate surface area is 122 Å². The summed E-state index contributed by atoms with van der Waals surface area (Å²) in [5.74, 6) is -0.402. The quantitative estimate of drug-likeness (QED) is 0.813. The Morgan fingerprint density at radius 2 is 1.65 bits per heavy atom. The van der Waals surface area contributed by atoms with Crippen LogP contribution in [0.2, 0.25) is 5.02 Å². The molecule has 2 aromatic rings. The van der Waals surface area contributed by atoms with E-state index in [2.05, 4.69) is 9.97 Å². The molecular formula is C15H15ClN2O2. The third-order valence-corrected chi connectivity index (χ3v) is 3.25. The van der Waals surface area contributed by atoms with Crippen molar-refractivity contribution in [2.45, 2.75) is 27.4 Å². The Morgan fingerprint density at radius 1 is 1.05 bits per heavy atom. The number of carbonyl (C=O) groups excluding carboxylic acids is 1. The van der Waals surface area contributed by atoms with Crippen LogP contribution in [0.25, 0.3) is 0 Å². The molecule has 4 nitrogen and oxygen atoms in total. The highest BCUT2D eigenvalue weighted by Crippen LogP contribution is 2.12. The van der Waals surface area contributed by atoms with Crippen molar-refractivity contribution in [3.8, 4) is 0 Å². The molecule has 1 heterocycles. The molecule has 1 aromatic heterocycles. The molecule has 2 rings (SSSR count). The minimum Gasteiger partial charge on any atom is -0.456 e. The molecule has 0 saturated heterocycles. The highest BCUT2D eigenvalue weighted by atomic mass is 35.5. The van der Waals surface area contributed by atoms with E-state index in [4.69, 9.17) is 16.3 Å². The molecule has 0 bridgehead atoms. The fraction of sp³-hybridized carbons (Fsp3) is 0.267. The minimum atomic E-state index is -0.402. The molecule has 0 amide bonds. The molecule has 0 aliphatic rings. The molecule has 0 aliphatic heterocycles. The molecule has 0 atom stereocenters. The van der Waals surface area contributed by atoms with Gasteiger partial charge in [-0.1, -0.05) is 11.6 Å². The smallest absolute Gasteiger partial charge is 0.338 e. The van der Waals surface area contributed by atoms with Crippen molar-refractivity contribution in [1.29, 1.82) is 0 Å². The van der Waals surface area contributed by atoms with E-state index in [0.717, 1.165) is 17.1 Å². The minimum absolute atomic E-state index is 0.113. The maximum absolute atomic E-state index is 11.9. The molecule has 0 radical (unpaired) electrons. The molecule has 0 spiro atoms. The summed E-state index contributed by atoms with van der Waals surface area (Å²) in [5.41, 5.74) is 3.64. The van der Waals surface area contributed by atoms with Crippen molar-refractivity contribution < 1.29 is 9.53 Å². The predicted molar refractivity (Wildman–Crippen MR) is 76.8 cm³/mol. The van der Waals surface area contributed by atoms with Gasteiger partial charge in [0.25, 0.3) is 0 Å². The van der Waals surface area contributed by atoms with Gasteiger partial charge in [-0.05, 0) is 45.0 Å². The maximum atomic E-state index is 11.9. The molecule has 1 aromatic carbocycles. The Bertz CT molecular complexity index is 639. The van der Waals surface area contributed by atoms with Crippen LogP contribution in [0.4, 0.5) is 0 Å². The Hall–Kier alpha value is -1.94. The molecule has 0 saturated carbocycles. The van der Waals surface area contributed by atoms with E-state index < -0.39 is 5.97 Å². The highest BCUT2D eigenvalue weighted by molar-refractivity contribution is 6.30. The van der Waals surface area contributed by atoms with Crippen molar-refractivity contribution in [2.75, 3.05) is 0 Å². The van der Waals surface area contributed by atoms with Crippen molar-refractivity contribution in [3.05, 3.63) is 57.6 Å². The van der Waals surface area contributed by atoms with Gasteiger partial charge in [-0.3, -0.25) is 9.97 Å². The molecule has 0 N–H and O–H groups in total. The van der Waals surface area contributed by atoms with Crippen LogP contribution in [-0.2, 0) is 11.3 Å². The first-order chi connectivity index (χ1) is 9.47. The van der Waals surface area contributed by atoms with Crippen LogP contribution in [-0.4, -0.2) is 15.9 Å². The number of nitrogens with zero attached hydrogens (tertiary/aromatic N) is 2. The molecular weight excluding hydrogens is 276 g/mol. The first-order valence-electron chi connectivity index (χ1n) is 6.21. The summed E-state index contributed by atoms with van der Waals surface area (Å²) in [4.78, 5) is 20.6. The molecule has 0 aliphatic carbocycles. The van der Waals surface area contributed by atoms with Crippen LogP contribution in [0.1, 0.15) is 33.1 Å². The van der Waals surface area contributed by atoms with Crippen LogP contribution in [0, 0.1) is 20.8 Å². The number of aryl methyl sites for hydroxylation is 3. The summed E-state index contributed by atoms with van der Waals surface area (Å²) in [7, 11) is 0. The van der Waals surface area contributed by atoms with E-state index in [-0.39, 0.29) is 6.61 Å². The summed E-state index contributed by atoms with van der Waals surface area (Å²) in [6.45, 7) is 5.75. The van der Waals surface area contributed by atoms with Crippen LogP contribution in [0.5, 0.6) is 0 Å². The number of ether oxygens (including phenoxy) is 1. The number of benzene rings is 1. The number of esters is 1. The van der Waals surface area contributed by atoms with E-state index in [1.54, 1.807) is 24.3 Å². The summed E-state index contributed by atoms with van der Waals surface area (Å²) >= 11 is 5.77.